The van der Waals surface area contributed by atoms with Crippen molar-refractivity contribution in [1.29, 1.82) is 0 Å². The van der Waals surface area contributed by atoms with Crippen molar-refractivity contribution in [3.8, 4) is 0 Å². The van der Waals surface area contributed by atoms with E-state index in [1.807, 2.05) is 0 Å². The van der Waals surface area contributed by atoms with Crippen molar-refractivity contribution in [2.45, 2.75) is 20.3 Å². The minimum atomic E-state index is -0.411. The summed E-state index contributed by atoms with van der Waals surface area (Å²) in [4.78, 5) is 0. The van der Waals surface area contributed by atoms with Crippen LogP contribution in [0.25, 0.3) is 0 Å². The number of rotatable bonds is 8. The predicted molar refractivity (Wildman–Crippen MR) is 47.1 cm³/mol. The van der Waals surface area contributed by atoms with Crippen LogP contribution in [0.1, 0.15) is 20.3 Å². The molecule has 0 saturated carbocycles. The molecule has 0 spiro atoms. The zero-order valence-electron chi connectivity index (χ0n) is 8.01. The summed E-state index contributed by atoms with van der Waals surface area (Å²) in [7, 11) is 0. The third kappa shape index (κ3) is 7.95. The summed E-state index contributed by atoms with van der Waals surface area (Å²) >= 11 is 0. The lowest BCUT2D eigenvalue weighted by Gasteiger charge is -2.08. The largest absolute Gasteiger partial charge is 0.379 e. The second kappa shape index (κ2) is 8.94. The molecule has 74 valence electrons. The van der Waals surface area contributed by atoms with Crippen molar-refractivity contribution in [2.75, 3.05) is 33.1 Å². The zero-order valence-corrected chi connectivity index (χ0v) is 8.01. The molecule has 2 nitrogen and oxygen atoms in total. The molecule has 0 saturated heterocycles. The van der Waals surface area contributed by atoms with Gasteiger partial charge in [-0.15, -0.1) is 0 Å². The van der Waals surface area contributed by atoms with E-state index in [1.54, 1.807) is 0 Å². The maximum Gasteiger partial charge on any atom is 0.113 e. The molecule has 0 rings (SSSR count). The van der Waals surface area contributed by atoms with E-state index in [1.165, 1.54) is 0 Å². The van der Waals surface area contributed by atoms with Crippen molar-refractivity contribution in [1.82, 2.24) is 0 Å². The van der Waals surface area contributed by atoms with E-state index in [2.05, 4.69) is 13.8 Å². The highest BCUT2D eigenvalue weighted by Gasteiger charge is 1.97. The maximum atomic E-state index is 11.5. The smallest absolute Gasteiger partial charge is 0.113 e. The monoisotopic (exact) mass is 178 g/mol. The average Bonchev–Trinajstić information content (AvgIpc) is 2.10. The Labute approximate surface area is 74.1 Å². The van der Waals surface area contributed by atoms with Gasteiger partial charge in [0.15, 0.2) is 0 Å². The summed E-state index contributed by atoms with van der Waals surface area (Å²) in [5, 5.41) is 0. The molecular formula is C9H19FO2. The first kappa shape index (κ1) is 11.8. The molecule has 0 bridgehead atoms. The van der Waals surface area contributed by atoms with E-state index in [9.17, 15) is 4.39 Å². The van der Waals surface area contributed by atoms with Gasteiger partial charge in [-0.3, -0.25) is 0 Å². The number of ether oxygens (including phenoxy) is 2. The fraction of sp³-hybridized carbons (Fsp3) is 1.00. The van der Waals surface area contributed by atoms with Gasteiger partial charge in [-0.1, -0.05) is 20.3 Å². The van der Waals surface area contributed by atoms with E-state index in [4.69, 9.17) is 9.47 Å². The molecule has 0 amide bonds. The fourth-order valence-electron chi connectivity index (χ4n) is 0.677. The van der Waals surface area contributed by atoms with Crippen LogP contribution >= 0.6 is 0 Å². The van der Waals surface area contributed by atoms with Crippen molar-refractivity contribution in [2.24, 2.45) is 5.92 Å². The zero-order chi connectivity index (χ0) is 9.23. The lowest BCUT2D eigenvalue weighted by atomic mass is 10.1. The van der Waals surface area contributed by atoms with Crippen molar-refractivity contribution in [3.63, 3.8) is 0 Å². The van der Waals surface area contributed by atoms with Gasteiger partial charge in [0.25, 0.3) is 0 Å². The molecule has 0 aromatic rings. The summed E-state index contributed by atoms with van der Waals surface area (Å²) in [5.74, 6) is 0.603. The number of hydrogen-bond donors (Lipinski definition) is 0. The second-order valence-corrected chi connectivity index (χ2v) is 2.89. The van der Waals surface area contributed by atoms with Crippen LogP contribution in [0.15, 0.2) is 0 Å². The first-order valence-corrected chi connectivity index (χ1v) is 4.52. The maximum absolute atomic E-state index is 11.5. The van der Waals surface area contributed by atoms with Crippen LogP contribution in [0.3, 0.4) is 0 Å². The Bertz CT molecular complexity index is 88.6. The van der Waals surface area contributed by atoms with Crippen LogP contribution in [-0.2, 0) is 9.47 Å². The van der Waals surface area contributed by atoms with Gasteiger partial charge in [0.1, 0.15) is 6.67 Å². The standard InChI is InChI=1S/C9H19FO2/c1-3-9(2)8-12-7-6-11-5-4-10/h9H,3-8H2,1-2H3. The Balaban J connectivity index is 2.90. The third-order valence-electron chi connectivity index (χ3n) is 1.69. The molecule has 0 heterocycles. The molecule has 12 heavy (non-hydrogen) atoms. The highest BCUT2D eigenvalue weighted by atomic mass is 19.1. The first-order valence-electron chi connectivity index (χ1n) is 4.52. The van der Waals surface area contributed by atoms with Crippen LogP contribution in [0.4, 0.5) is 4.39 Å². The predicted octanol–water partition coefficient (Wildman–Crippen LogP) is 2.04. The fourth-order valence-corrected chi connectivity index (χ4v) is 0.677. The van der Waals surface area contributed by atoms with Crippen LogP contribution in [0, 0.1) is 5.92 Å². The van der Waals surface area contributed by atoms with Crippen molar-refractivity contribution >= 4 is 0 Å². The van der Waals surface area contributed by atoms with Crippen LogP contribution in [0.2, 0.25) is 0 Å². The Kier molecular flexibility index (Phi) is 8.83. The summed E-state index contributed by atoms with van der Waals surface area (Å²) in [6.07, 6.45) is 1.13. The van der Waals surface area contributed by atoms with E-state index in [-0.39, 0.29) is 6.61 Å². The Hall–Kier alpha value is -0.150. The van der Waals surface area contributed by atoms with Crippen LogP contribution in [0.5, 0.6) is 0 Å². The molecule has 0 aromatic carbocycles. The van der Waals surface area contributed by atoms with E-state index in [0.29, 0.717) is 19.1 Å². The van der Waals surface area contributed by atoms with Crippen LogP contribution in [-0.4, -0.2) is 33.1 Å². The minimum absolute atomic E-state index is 0.187. The van der Waals surface area contributed by atoms with Gasteiger partial charge in [-0.25, -0.2) is 4.39 Å². The molecule has 0 fully saturated rings. The molecule has 3 heteroatoms. The molecule has 0 aliphatic rings. The quantitative estimate of drug-likeness (QED) is 0.529. The highest BCUT2D eigenvalue weighted by molar-refractivity contribution is 4.45. The Morgan fingerprint density at radius 1 is 1.17 bits per heavy atom. The molecule has 0 aromatic heterocycles. The first-order chi connectivity index (χ1) is 5.81. The topological polar surface area (TPSA) is 18.5 Å². The highest BCUT2D eigenvalue weighted by Crippen LogP contribution is 1.99. The normalized spacial score (nSPS) is 13.2. The van der Waals surface area contributed by atoms with Crippen LogP contribution < -0.4 is 0 Å². The van der Waals surface area contributed by atoms with E-state index < -0.39 is 6.67 Å². The molecule has 0 radical (unpaired) electrons. The number of alkyl halides is 1. The third-order valence-corrected chi connectivity index (χ3v) is 1.69. The molecule has 1 atom stereocenters. The van der Waals surface area contributed by atoms with Crippen molar-refractivity contribution in [3.05, 3.63) is 0 Å². The molecular weight excluding hydrogens is 159 g/mol. The molecule has 1 unspecified atom stereocenters. The SMILES string of the molecule is CCC(C)COCCOCCF. The molecule has 0 aliphatic carbocycles. The second-order valence-electron chi connectivity index (χ2n) is 2.89. The number of halogens is 1. The lowest BCUT2D eigenvalue weighted by Crippen LogP contribution is -2.10. The Morgan fingerprint density at radius 3 is 2.42 bits per heavy atom. The average molecular weight is 178 g/mol. The minimum Gasteiger partial charge on any atom is -0.379 e. The summed E-state index contributed by atoms with van der Waals surface area (Å²) < 4.78 is 21.7. The molecule has 0 N–H and O–H groups in total. The van der Waals surface area contributed by atoms with Gasteiger partial charge in [-0.05, 0) is 5.92 Å². The van der Waals surface area contributed by atoms with Gasteiger partial charge in [0.2, 0.25) is 0 Å². The number of hydrogen-bond acceptors (Lipinski definition) is 2. The van der Waals surface area contributed by atoms with Gasteiger partial charge in [-0.2, -0.15) is 0 Å². The lowest BCUT2D eigenvalue weighted by molar-refractivity contribution is 0.0313. The van der Waals surface area contributed by atoms with Gasteiger partial charge < -0.3 is 9.47 Å². The summed E-state index contributed by atoms with van der Waals surface area (Å²) in [6, 6.07) is 0. The Morgan fingerprint density at radius 2 is 1.83 bits per heavy atom. The van der Waals surface area contributed by atoms with Crippen molar-refractivity contribution < 1.29 is 13.9 Å². The van der Waals surface area contributed by atoms with Gasteiger partial charge in [0.05, 0.1) is 19.8 Å². The molecule has 0 aliphatic heterocycles. The summed E-state index contributed by atoms with van der Waals surface area (Å²) in [6.45, 7) is 5.90. The van der Waals surface area contributed by atoms with Gasteiger partial charge >= 0.3 is 0 Å². The summed E-state index contributed by atoms with van der Waals surface area (Å²) in [5.41, 5.74) is 0. The van der Waals surface area contributed by atoms with E-state index in [0.717, 1.165) is 13.0 Å². The van der Waals surface area contributed by atoms with Gasteiger partial charge in [0, 0.05) is 6.61 Å². The van der Waals surface area contributed by atoms with E-state index >= 15 is 0 Å².